The van der Waals surface area contributed by atoms with Crippen molar-refractivity contribution in [1.29, 1.82) is 0 Å². The van der Waals surface area contributed by atoms with Gasteiger partial charge in [0.25, 0.3) is 5.91 Å². The molecule has 0 aromatic heterocycles. The van der Waals surface area contributed by atoms with Gasteiger partial charge in [0.15, 0.2) is 5.11 Å². The number of piperazine rings is 1. The molecule has 1 heterocycles. The van der Waals surface area contributed by atoms with Crippen LogP contribution in [-0.2, 0) is 4.79 Å². The van der Waals surface area contributed by atoms with Crippen LogP contribution in [0.2, 0.25) is 0 Å². The van der Waals surface area contributed by atoms with Gasteiger partial charge in [-0.1, -0.05) is 42.5 Å². The fourth-order valence-corrected chi connectivity index (χ4v) is 4.03. The Labute approximate surface area is 199 Å². The van der Waals surface area contributed by atoms with Crippen molar-refractivity contribution in [2.45, 2.75) is 6.92 Å². The van der Waals surface area contributed by atoms with Gasteiger partial charge in [-0.2, -0.15) is 0 Å². The molecule has 6 nitrogen and oxygen atoms in total. The molecule has 1 fully saturated rings. The molecule has 33 heavy (non-hydrogen) atoms. The van der Waals surface area contributed by atoms with Crippen LogP contribution >= 0.6 is 12.2 Å². The van der Waals surface area contributed by atoms with Crippen molar-refractivity contribution in [3.05, 3.63) is 84.4 Å². The Kier molecular flexibility index (Phi) is 7.00. The number of rotatable bonds is 4. The Bertz CT molecular complexity index is 1120. The highest BCUT2D eigenvalue weighted by molar-refractivity contribution is 7.80. The largest absolute Gasteiger partial charge is 0.368 e. The summed E-state index contributed by atoms with van der Waals surface area (Å²) >= 11 is 5.32. The standard InChI is InChI=1S/C26H26N4O2S/c1-19(31)29-15-17-30(18-16-29)24-13-11-23(12-14-24)27-26(33)28-25(32)22-9-7-21(8-10-22)20-5-3-2-4-6-20/h2-14H,15-18H2,1H3,(H2,27,28,32,33). The molecule has 2 amide bonds. The summed E-state index contributed by atoms with van der Waals surface area (Å²) < 4.78 is 0. The number of hydrogen-bond donors (Lipinski definition) is 2. The van der Waals surface area contributed by atoms with E-state index in [1.165, 1.54) is 0 Å². The molecule has 4 rings (SSSR count). The highest BCUT2D eigenvalue weighted by atomic mass is 32.1. The lowest BCUT2D eigenvalue weighted by Crippen LogP contribution is -2.48. The van der Waals surface area contributed by atoms with Crippen LogP contribution in [0.3, 0.4) is 0 Å². The van der Waals surface area contributed by atoms with Crippen molar-refractivity contribution < 1.29 is 9.59 Å². The van der Waals surface area contributed by atoms with Gasteiger partial charge < -0.3 is 15.1 Å². The molecule has 3 aromatic rings. The van der Waals surface area contributed by atoms with E-state index >= 15 is 0 Å². The number of benzene rings is 3. The van der Waals surface area contributed by atoms with E-state index in [-0.39, 0.29) is 16.9 Å². The number of carbonyl (C=O) groups is 2. The molecule has 1 aliphatic heterocycles. The summed E-state index contributed by atoms with van der Waals surface area (Å²) in [5.41, 5.74) is 4.59. The molecule has 0 atom stereocenters. The van der Waals surface area contributed by atoms with Crippen molar-refractivity contribution in [2.75, 3.05) is 36.4 Å². The monoisotopic (exact) mass is 458 g/mol. The predicted molar refractivity (Wildman–Crippen MR) is 136 cm³/mol. The Balaban J connectivity index is 1.29. The van der Waals surface area contributed by atoms with E-state index in [0.29, 0.717) is 5.56 Å². The van der Waals surface area contributed by atoms with Gasteiger partial charge in [-0.25, -0.2) is 0 Å². The zero-order chi connectivity index (χ0) is 23.2. The van der Waals surface area contributed by atoms with Crippen LogP contribution in [0.4, 0.5) is 11.4 Å². The molecule has 1 saturated heterocycles. The van der Waals surface area contributed by atoms with Gasteiger partial charge in [0, 0.05) is 50.0 Å². The molecule has 0 saturated carbocycles. The summed E-state index contributed by atoms with van der Waals surface area (Å²) in [4.78, 5) is 28.2. The lowest BCUT2D eigenvalue weighted by Gasteiger charge is -2.35. The van der Waals surface area contributed by atoms with Crippen LogP contribution in [0.25, 0.3) is 11.1 Å². The van der Waals surface area contributed by atoms with Gasteiger partial charge >= 0.3 is 0 Å². The van der Waals surface area contributed by atoms with Crippen LogP contribution in [0.1, 0.15) is 17.3 Å². The van der Waals surface area contributed by atoms with Crippen LogP contribution in [0, 0.1) is 0 Å². The van der Waals surface area contributed by atoms with E-state index in [4.69, 9.17) is 12.2 Å². The lowest BCUT2D eigenvalue weighted by molar-refractivity contribution is -0.129. The maximum atomic E-state index is 12.6. The Hall–Kier alpha value is -3.71. The Morgan fingerprint density at radius 3 is 2.00 bits per heavy atom. The normalized spacial score (nSPS) is 13.4. The summed E-state index contributed by atoms with van der Waals surface area (Å²) in [5.74, 6) is -0.135. The molecule has 2 N–H and O–H groups in total. The van der Waals surface area contributed by atoms with Crippen molar-refractivity contribution in [3.8, 4) is 11.1 Å². The first-order valence-corrected chi connectivity index (χ1v) is 11.3. The Morgan fingerprint density at radius 2 is 1.39 bits per heavy atom. The van der Waals surface area contributed by atoms with Crippen LogP contribution in [0.15, 0.2) is 78.9 Å². The van der Waals surface area contributed by atoms with Gasteiger partial charge in [0.2, 0.25) is 5.91 Å². The fourth-order valence-electron chi connectivity index (χ4n) is 3.82. The SMILES string of the molecule is CC(=O)N1CCN(c2ccc(NC(=S)NC(=O)c3ccc(-c4ccccc4)cc3)cc2)CC1. The van der Waals surface area contributed by atoms with E-state index in [2.05, 4.69) is 15.5 Å². The van der Waals surface area contributed by atoms with Crippen molar-refractivity contribution in [1.82, 2.24) is 10.2 Å². The number of nitrogens with one attached hydrogen (secondary N) is 2. The van der Waals surface area contributed by atoms with E-state index in [1.807, 2.05) is 71.6 Å². The highest BCUT2D eigenvalue weighted by Crippen LogP contribution is 2.21. The quantitative estimate of drug-likeness (QED) is 0.575. The van der Waals surface area contributed by atoms with Crippen LogP contribution < -0.4 is 15.5 Å². The van der Waals surface area contributed by atoms with E-state index in [1.54, 1.807) is 19.1 Å². The molecule has 0 aliphatic carbocycles. The summed E-state index contributed by atoms with van der Waals surface area (Å²) in [7, 11) is 0. The maximum Gasteiger partial charge on any atom is 0.257 e. The minimum atomic E-state index is -0.257. The minimum Gasteiger partial charge on any atom is -0.368 e. The third kappa shape index (κ3) is 5.75. The second-order valence-electron chi connectivity index (χ2n) is 7.89. The van der Waals surface area contributed by atoms with Gasteiger partial charge in [-0.3, -0.25) is 14.9 Å². The summed E-state index contributed by atoms with van der Waals surface area (Å²) in [6, 6.07) is 25.3. The Morgan fingerprint density at radius 1 is 0.788 bits per heavy atom. The first-order chi connectivity index (χ1) is 16.0. The van der Waals surface area contributed by atoms with Gasteiger partial charge in [0.05, 0.1) is 0 Å². The molecular weight excluding hydrogens is 432 g/mol. The van der Waals surface area contributed by atoms with Gasteiger partial charge in [-0.15, -0.1) is 0 Å². The number of carbonyl (C=O) groups excluding carboxylic acids is 2. The molecule has 7 heteroatoms. The molecule has 168 valence electrons. The molecule has 0 unspecified atom stereocenters. The fraction of sp³-hybridized carbons (Fsp3) is 0.192. The topological polar surface area (TPSA) is 64.7 Å². The van der Waals surface area contributed by atoms with E-state index in [9.17, 15) is 9.59 Å². The second kappa shape index (κ2) is 10.3. The third-order valence-electron chi connectivity index (χ3n) is 5.70. The predicted octanol–water partition coefficient (Wildman–Crippen LogP) is 4.15. The number of nitrogens with zero attached hydrogens (tertiary/aromatic N) is 2. The highest BCUT2D eigenvalue weighted by Gasteiger charge is 2.18. The van der Waals surface area contributed by atoms with Crippen molar-refractivity contribution in [3.63, 3.8) is 0 Å². The first-order valence-electron chi connectivity index (χ1n) is 10.9. The lowest BCUT2D eigenvalue weighted by atomic mass is 10.0. The number of thiocarbonyl (C=S) groups is 1. The summed E-state index contributed by atoms with van der Waals surface area (Å²) in [5, 5.41) is 6.04. The second-order valence-corrected chi connectivity index (χ2v) is 8.30. The summed E-state index contributed by atoms with van der Waals surface area (Å²) in [6.07, 6.45) is 0. The van der Waals surface area contributed by atoms with Gasteiger partial charge in [0.1, 0.15) is 0 Å². The maximum absolute atomic E-state index is 12.6. The van der Waals surface area contributed by atoms with E-state index in [0.717, 1.165) is 48.7 Å². The average molecular weight is 459 g/mol. The average Bonchev–Trinajstić information content (AvgIpc) is 2.85. The van der Waals surface area contributed by atoms with Crippen LogP contribution in [0.5, 0.6) is 0 Å². The molecule has 0 radical (unpaired) electrons. The van der Waals surface area contributed by atoms with Crippen molar-refractivity contribution >= 4 is 40.5 Å². The molecule has 3 aromatic carbocycles. The van der Waals surface area contributed by atoms with Crippen molar-refractivity contribution in [2.24, 2.45) is 0 Å². The summed E-state index contributed by atoms with van der Waals surface area (Å²) in [6.45, 7) is 4.70. The number of amides is 2. The van der Waals surface area contributed by atoms with Gasteiger partial charge in [-0.05, 0) is 59.7 Å². The molecule has 0 bridgehead atoms. The van der Waals surface area contributed by atoms with E-state index < -0.39 is 0 Å². The number of hydrogen-bond acceptors (Lipinski definition) is 4. The third-order valence-corrected chi connectivity index (χ3v) is 5.90. The minimum absolute atomic E-state index is 0.122. The molecule has 0 spiro atoms. The van der Waals surface area contributed by atoms with Crippen LogP contribution in [-0.4, -0.2) is 48.0 Å². The molecule has 1 aliphatic rings. The number of anilines is 2. The molecular formula is C26H26N4O2S. The smallest absolute Gasteiger partial charge is 0.257 e. The zero-order valence-electron chi connectivity index (χ0n) is 18.5. The first kappa shape index (κ1) is 22.5. The zero-order valence-corrected chi connectivity index (χ0v) is 19.3.